The summed E-state index contributed by atoms with van der Waals surface area (Å²) in [6.45, 7) is 4.32. The number of carbonyl (C=O) groups is 1. The molecule has 0 radical (unpaired) electrons. The van der Waals surface area contributed by atoms with Crippen LogP contribution in [0.2, 0.25) is 0 Å². The first-order chi connectivity index (χ1) is 8.61. The molecule has 0 aliphatic rings. The van der Waals surface area contributed by atoms with Crippen LogP contribution < -0.4 is 11.1 Å². The molecule has 0 aliphatic carbocycles. The Hall–Kier alpha value is -2.38. The second-order valence-corrected chi connectivity index (χ2v) is 3.68. The quantitative estimate of drug-likeness (QED) is 0.796. The Morgan fingerprint density at radius 2 is 2.39 bits per heavy atom. The van der Waals surface area contributed by atoms with Gasteiger partial charge in [-0.2, -0.15) is 10.1 Å². The summed E-state index contributed by atoms with van der Waals surface area (Å²) in [5.41, 5.74) is 6.39. The van der Waals surface area contributed by atoms with E-state index in [1.807, 2.05) is 6.92 Å². The van der Waals surface area contributed by atoms with Crippen LogP contribution in [0.1, 0.15) is 29.1 Å². The van der Waals surface area contributed by atoms with Crippen molar-refractivity contribution in [2.45, 2.75) is 26.9 Å². The number of hydrogen-bond acceptors (Lipinski definition) is 6. The normalized spacial score (nSPS) is 10.6. The lowest BCUT2D eigenvalue weighted by Gasteiger charge is -2.05. The summed E-state index contributed by atoms with van der Waals surface area (Å²) in [5, 5.41) is 10.3. The lowest BCUT2D eigenvalue weighted by molar-refractivity contribution is 0.0940. The van der Waals surface area contributed by atoms with Gasteiger partial charge in [0.15, 0.2) is 5.82 Å². The topological polar surface area (TPSA) is 112 Å². The molecule has 3 N–H and O–H groups in total. The van der Waals surface area contributed by atoms with Crippen LogP contribution in [0.15, 0.2) is 10.7 Å². The molecule has 0 aliphatic heterocycles. The summed E-state index contributed by atoms with van der Waals surface area (Å²) in [6, 6.07) is 0. The molecule has 96 valence electrons. The number of amides is 1. The van der Waals surface area contributed by atoms with Crippen molar-refractivity contribution in [3.8, 4) is 0 Å². The third kappa shape index (κ3) is 2.31. The zero-order chi connectivity index (χ0) is 13.1. The largest absolute Gasteiger partial charge is 0.396 e. The van der Waals surface area contributed by atoms with Gasteiger partial charge in [0, 0.05) is 13.5 Å². The van der Waals surface area contributed by atoms with Crippen LogP contribution >= 0.6 is 0 Å². The van der Waals surface area contributed by atoms with Crippen molar-refractivity contribution in [2.75, 3.05) is 5.73 Å². The van der Waals surface area contributed by atoms with Crippen molar-refractivity contribution in [2.24, 2.45) is 0 Å². The SMILES string of the molecule is CCn1ncc(N)c1C(=O)NCc1noc(C)n1. The molecule has 8 heteroatoms. The lowest BCUT2D eigenvalue weighted by Crippen LogP contribution is -2.27. The molecule has 2 aromatic heterocycles. The average molecular weight is 250 g/mol. The molecule has 0 saturated carbocycles. The molecule has 2 rings (SSSR count). The molecule has 8 nitrogen and oxygen atoms in total. The zero-order valence-electron chi connectivity index (χ0n) is 10.2. The fourth-order valence-corrected chi connectivity index (χ4v) is 1.54. The van der Waals surface area contributed by atoms with E-state index < -0.39 is 0 Å². The van der Waals surface area contributed by atoms with Gasteiger partial charge in [-0.05, 0) is 6.92 Å². The number of nitrogens with one attached hydrogen (secondary N) is 1. The highest BCUT2D eigenvalue weighted by Crippen LogP contribution is 2.10. The monoisotopic (exact) mass is 250 g/mol. The maximum absolute atomic E-state index is 11.9. The zero-order valence-corrected chi connectivity index (χ0v) is 10.2. The van der Waals surface area contributed by atoms with E-state index in [9.17, 15) is 4.79 Å². The van der Waals surface area contributed by atoms with Crippen LogP contribution in [0.25, 0.3) is 0 Å². The highest BCUT2D eigenvalue weighted by Gasteiger charge is 2.16. The number of nitrogens with zero attached hydrogens (tertiary/aromatic N) is 4. The molecular formula is C10H14N6O2. The van der Waals surface area contributed by atoms with Crippen molar-refractivity contribution in [3.05, 3.63) is 23.6 Å². The minimum Gasteiger partial charge on any atom is -0.396 e. The first-order valence-corrected chi connectivity index (χ1v) is 5.50. The van der Waals surface area contributed by atoms with E-state index in [4.69, 9.17) is 10.3 Å². The van der Waals surface area contributed by atoms with E-state index in [2.05, 4.69) is 20.6 Å². The van der Waals surface area contributed by atoms with Crippen molar-refractivity contribution in [3.63, 3.8) is 0 Å². The number of aromatic nitrogens is 4. The lowest BCUT2D eigenvalue weighted by atomic mass is 10.3. The van der Waals surface area contributed by atoms with E-state index in [0.717, 1.165) is 0 Å². The number of nitrogens with two attached hydrogens (primary N) is 1. The second kappa shape index (κ2) is 4.86. The fourth-order valence-electron chi connectivity index (χ4n) is 1.54. The summed E-state index contributed by atoms with van der Waals surface area (Å²) in [5.74, 6) is 0.564. The number of nitrogen functional groups attached to an aromatic ring is 1. The number of rotatable bonds is 4. The average Bonchev–Trinajstić information content (AvgIpc) is 2.92. The maximum atomic E-state index is 11.9. The van der Waals surface area contributed by atoms with Crippen molar-refractivity contribution in [1.29, 1.82) is 0 Å². The molecule has 0 fully saturated rings. The summed E-state index contributed by atoms with van der Waals surface area (Å²) in [6.07, 6.45) is 1.46. The minimum atomic E-state index is -0.311. The van der Waals surface area contributed by atoms with Crippen LogP contribution in [-0.2, 0) is 13.1 Å². The Morgan fingerprint density at radius 1 is 1.61 bits per heavy atom. The number of aryl methyl sites for hydroxylation is 2. The Morgan fingerprint density at radius 3 is 3.00 bits per heavy atom. The highest BCUT2D eigenvalue weighted by molar-refractivity contribution is 5.97. The molecule has 0 bridgehead atoms. The van der Waals surface area contributed by atoms with Crippen LogP contribution in [0.3, 0.4) is 0 Å². The minimum absolute atomic E-state index is 0.185. The molecular weight excluding hydrogens is 236 g/mol. The maximum Gasteiger partial charge on any atom is 0.272 e. The Labute approximate surface area is 103 Å². The number of anilines is 1. The molecule has 2 aromatic rings. The Kier molecular flexibility index (Phi) is 3.26. The van der Waals surface area contributed by atoms with Crippen molar-refractivity contribution >= 4 is 11.6 Å². The molecule has 0 saturated heterocycles. The van der Waals surface area contributed by atoms with Gasteiger partial charge in [0.05, 0.1) is 18.4 Å². The van der Waals surface area contributed by atoms with E-state index in [1.165, 1.54) is 10.9 Å². The number of hydrogen-bond donors (Lipinski definition) is 2. The first-order valence-electron chi connectivity index (χ1n) is 5.50. The summed E-state index contributed by atoms with van der Waals surface area (Å²) in [7, 11) is 0. The van der Waals surface area contributed by atoms with Crippen molar-refractivity contribution in [1.82, 2.24) is 25.2 Å². The van der Waals surface area contributed by atoms with Gasteiger partial charge in [-0.3, -0.25) is 9.48 Å². The standard InChI is InChI=1S/C10H14N6O2/c1-3-16-9(7(11)4-13-16)10(17)12-5-8-14-6(2)18-15-8/h4H,3,5,11H2,1-2H3,(H,12,17). The summed E-state index contributed by atoms with van der Waals surface area (Å²) < 4.78 is 6.34. The molecule has 18 heavy (non-hydrogen) atoms. The highest BCUT2D eigenvalue weighted by atomic mass is 16.5. The Balaban J connectivity index is 2.05. The third-order valence-corrected chi connectivity index (χ3v) is 2.36. The Bertz CT molecular complexity index is 558. The van der Waals surface area contributed by atoms with Gasteiger partial charge in [0.1, 0.15) is 5.69 Å². The van der Waals surface area contributed by atoms with Crippen LogP contribution in [-0.4, -0.2) is 25.8 Å². The van der Waals surface area contributed by atoms with Gasteiger partial charge in [0.2, 0.25) is 5.89 Å². The van der Waals surface area contributed by atoms with Crippen molar-refractivity contribution < 1.29 is 9.32 Å². The van der Waals surface area contributed by atoms with Crippen LogP contribution in [0.5, 0.6) is 0 Å². The molecule has 0 atom stereocenters. The second-order valence-electron chi connectivity index (χ2n) is 3.68. The number of carbonyl (C=O) groups excluding carboxylic acids is 1. The van der Waals surface area contributed by atoms with Gasteiger partial charge in [-0.15, -0.1) is 0 Å². The van der Waals surface area contributed by atoms with Gasteiger partial charge in [0.25, 0.3) is 5.91 Å². The fraction of sp³-hybridized carbons (Fsp3) is 0.400. The van der Waals surface area contributed by atoms with E-state index in [0.29, 0.717) is 29.6 Å². The molecule has 1 amide bonds. The van der Waals surface area contributed by atoms with Gasteiger partial charge in [-0.25, -0.2) is 0 Å². The summed E-state index contributed by atoms with van der Waals surface area (Å²) in [4.78, 5) is 15.9. The van der Waals surface area contributed by atoms with Gasteiger partial charge >= 0.3 is 0 Å². The molecule has 0 spiro atoms. The summed E-state index contributed by atoms with van der Waals surface area (Å²) >= 11 is 0. The van der Waals surface area contributed by atoms with E-state index >= 15 is 0 Å². The van der Waals surface area contributed by atoms with Gasteiger partial charge in [-0.1, -0.05) is 5.16 Å². The van der Waals surface area contributed by atoms with Crippen LogP contribution in [0.4, 0.5) is 5.69 Å². The van der Waals surface area contributed by atoms with Crippen LogP contribution in [0, 0.1) is 6.92 Å². The molecule has 0 aromatic carbocycles. The third-order valence-electron chi connectivity index (χ3n) is 2.36. The molecule has 0 unspecified atom stereocenters. The van der Waals surface area contributed by atoms with Gasteiger partial charge < -0.3 is 15.6 Å². The first kappa shape index (κ1) is 12.1. The smallest absolute Gasteiger partial charge is 0.272 e. The van der Waals surface area contributed by atoms with E-state index in [1.54, 1.807) is 6.92 Å². The van der Waals surface area contributed by atoms with E-state index in [-0.39, 0.29) is 12.5 Å². The molecule has 2 heterocycles. The predicted octanol–water partition coefficient (Wildman–Crippen LogP) is 0.107. The predicted molar refractivity (Wildman–Crippen MR) is 62.5 cm³/mol.